The highest BCUT2D eigenvalue weighted by Crippen LogP contribution is 2.41. The molecule has 1 saturated heterocycles. The van der Waals surface area contributed by atoms with Crippen LogP contribution >= 0.6 is 0 Å². The van der Waals surface area contributed by atoms with Crippen molar-refractivity contribution in [2.24, 2.45) is 11.7 Å². The van der Waals surface area contributed by atoms with Crippen LogP contribution in [0.5, 0.6) is 0 Å². The summed E-state index contributed by atoms with van der Waals surface area (Å²) in [7, 11) is 1.77. The predicted molar refractivity (Wildman–Crippen MR) is 73.6 cm³/mol. The maximum atomic E-state index is 6.38. The molecule has 1 saturated carbocycles. The molecular formula is C15H29NO2. The Balaban J connectivity index is 1.89. The number of ether oxygens (including phenoxy) is 2. The zero-order chi connectivity index (χ0) is 13.0. The monoisotopic (exact) mass is 255 g/mol. The third-order valence-corrected chi connectivity index (χ3v) is 4.91. The number of rotatable bonds is 4. The number of hydrogen-bond acceptors (Lipinski definition) is 3. The van der Waals surface area contributed by atoms with E-state index in [-0.39, 0.29) is 17.7 Å². The van der Waals surface area contributed by atoms with Crippen LogP contribution in [0.4, 0.5) is 0 Å². The van der Waals surface area contributed by atoms with Crippen molar-refractivity contribution < 1.29 is 9.47 Å². The Morgan fingerprint density at radius 3 is 2.72 bits per heavy atom. The van der Waals surface area contributed by atoms with Crippen LogP contribution in [0.1, 0.15) is 58.3 Å². The van der Waals surface area contributed by atoms with E-state index in [9.17, 15) is 0 Å². The first kappa shape index (κ1) is 14.3. The minimum atomic E-state index is 0.176. The highest BCUT2D eigenvalue weighted by atomic mass is 16.5. The summed E-state index contributed by atoms with van der Waals surface area (Å²) in [6, 6.07) is 0.266. The third kappa shape index (κ3) is 3.46. The second kappa shape index (κ2) is 6.36. The first-order valence-corrected chi connectivity index (χ1v) is 7.57. The van der Waals surface area contributed by atoms with E-state index in [1.165, 1.54) is 38.5 Å². The van der Waals surface area contributed by atoms with Crippen LogP contribution in [-0.2, 0) is 9.47 Å². The molecule has 3 nitrogen and oxygen atoms in total. The average Bonchev–Trinajstić information content (AvgIpc) is 2.39. The van der Waals surface area contributed by atoms with Gasteiger partial charge in [0, 0.05) is 19.8 Å². The van der Waals surface area contributed by atoms with Crippen molar-refractivity contribution in [3.8, 4) is 0 Å². The molecule has 2 fully saturated rings. The van der Waals surface area contributed by atoms with Crippen molar-refractivity contribution in [1.82, 2.24) is 0 Å². The van der Waals surface area contributed by atoms with Crippen LogP contribution in [0.3, 0.4) is 0 Å². The van der Waals surface area contributed by atoms with Crippen molar-refractivity contribution in [1.29, 1.82) is 0 Å². The van der Waals surface area contributed by atoms with E-state index in [1.54, 1.807) is 7.11 Å². The summed E-state index contributed by atoms with van der Waals surface area (Å²) in [6.45, 7) is 3.01. The normalized spacial score (nSPS) is 31.2. The summed E-state index contributed by atoms with van der Waals surface area (Å²) in [5.74, 6) is 0.620. The number of hydrogen-bond donors (Lipinski definition) is 1. The molecule has 2 aliphatic rings. The van der Waals surface area contributed by atoms with Gasteiger partial charge in [-0.2, -0.15) is 0 Å². The van der Waals surface area contributed by atoms with Crippen molar-refractivity contribution in [2.75, 3.05) is 13.7 Å². The van der Waals surface area contributed by atoms with Gasteiger partial charge in [-0.3, -0.25) is 0 Å². The standard InChI is InChI=1S/C15H29NO2/c1-12(17-2)10-14(16)13-6-9-18-15(11-13)7-4-3-5-8-15/h12-14H,3-11,16H2,1-2H3. The Hall–Kier alpha value is -0.120. The Bertz CT molecular complexity index is 245. The Kier molecular flexibility index (Phi) is 5.05. The van der Waals surface area contributed by atoms with Gasteiger partial charge < -0.3 is 15.2 Å². The first-order chi connectivity index (χ1) is 8.65. The van der Waals surface area contributed by atoms with Gasteiger partial charge in [-0.05, 0) is 44.9 Å². The van der Waals surface area contributed by atoms with E-state index in [0.717, 1.165) is 19.4 Å². The topological polar surface area (TPSA) is 44.5 Å². The lowest BCUT2D eigenvalue weighted by atomic mass is 9.73. The molecule has 0 aromatic heterocycles. The predicted octanol–water partition coefficient (Wildman–Crippen LogP) is 2.87. The molecule has 2 N–H and O–H groups in total. The van der Waals surface area contributed by atoms with Crippen LogP contribution in [0, 0.1) is 5.92 Å². The highest BCUT2D eigenvalue weighted by molar-refractivity contribution is 4.92. The van der Waals surface area contributed by atoms with E-state index in [1.807, 2.05) is 0 Å². The van der Waals surface area contributed by atoms with E-state index in [4.69, 9.17) is 15.2 Å². The summed E-state index contributed by atoms with van der Waals surface area (Å²) < 4.78 is 11.5. The number of methoxy groups -OCH3 is 1. The van der Waals surface area contributed by atoms with Gasteiger partial charge in [0.2, 0.25) is 0 Å². The molecule has 0 aromatic carbocycles. The van der Waals surface area contributed by atoms with Gasteiger partial charge in [0.15, 0.2) is 0 Å². The largest absolute Gasteiger partial charge is 0.382 e. The summed E-state index contributed by atoms with van der Waals surface area (Å²) in [4.78, 5) is 0. The molecule has 0 radical (unpaired) electrons. The van der Waals surface area contributed by atoms with Crippen molar-refractivity contribution >= 4 is 0 Å². The Labute approximate surface area is 111 Å². The van der Waals surface area contributed by atoms with Gasteiger partial charge in [-0.1, -0.05) is 19.3 Å². The van der Waals surface area contributed by atoms with Crippen LogP contribution in [0.25, 0.3) is 0 Å². The lowest BCUT2D eigenvalue weighted by molar-refractivity contribution is -0.121. The van der Waals surface area contributed by atoms with Gasteiger partial charge in [0.1, 0.15) is 0 Å². The maximum Gasteiger partial charge on any atom is 0.0685 e. The lowest BCUT2D eigenvalue weighted by Gasteiger charge is -2.45. The molecule has 3 atom stereocenters. The molecule has 0 bridgehead atoms. The molecule has 3 heteroatoms. The Morgan fingerprint density at radius 2 is 2.06 bits per heavy atom. The summed E-state index contributed by atoms with van der Waals surface area (Å²) in [6.07, 6.45) is 10.1. The van der Waals surface area contributed by atoms with Crippen LogP contribution in [0.15, 0.2) is 0 Å². The van der Waals surface area contributed by atoms with Crippen LogP contribution < -0.4 is 5.73 Å². The van der Waals surface area contributed by atoms with Crippen LogP contribution in [-0.4, -0.2) is 31.5 Å². The fraction of sp³-hybridized carbons (Fsp3) is 1.00. The molecule has 18 heavy (non-hydrogen) atoms. The molecule has 0 aromatic rings. The fourth-order valence-corrected chi connectivity index (χ4v) is 3.65. The summed E-state index contributed by atoms with van der Waals surface area (Å²) in [5.41, 5.74) is 6.56. The second-order valence-electron chi connectivity index (χ2n) is 6.29. The highest BCUT2D eigenvalue weighted by Gasteiger charge is 2.40. The van der Waals surface area contributed by atoms with E-state index in [2.05, 4.69) is 6.92 Å². The quantitative estimate of drug-likeness (QED) is 0.840. The van der Waals surface area contributed by atoms with Gasteiger partial charge in [-0.25, -0.2) is 0 Å². The van der Waals surface area contributed by atoms with Gasteiger partial charge in [0.25, 0.3) is 0 Å². The minimum Gasteiger partial charge on any atom is -0.382 e. The maximum absolute atomic E-state index is 6.38. The molecule has 1 heterocycles. The smallest absolute Gasteiger partial charge is 0.0685 e. The van der Waals surface area contributed by atoms with Gasteiger partial charge in [0.05, 0.1) is 11.7 Å². The average molecular weight is 255 g/mol. The zero-order valence-electron chi connectivity index (χ0n) is 12.0. The molecular weight excluding hydrogens is 226 g/mol. The SMILES string of the molecule is COC(C)CC(N)C1CCOC2(CCCCC2)C1. The van der Waals surface area contributed by atoms with Crippen molar-refractivity contribution in [3.05, 3.63) is 0 Å². The van der Waals surface area contributed by atoms with Crippen molar-refractivity contribution in [2.45, 2.75) is 76.0 Å². The summed E-state index contributed by atoms with van der Waals surface area (Å²) in [5, 5.41) is 0. The van der Waals surface area contributed by atoms with E-state index in [0.29, 0.717) is 5.92 Å². The third-order valence-electron chi connectivity index (χ3n) is 4.91. The lowest BCUT2D eigenvalue weighted by Crippen LogP contribution is -2.47. The molecule has 1 aliphatic heterocycles. The van der Waals surface area contributed by atoms with Gasteiger partial charge in [-0.15, -0.1) is 0 Å². The van der Waals surface area contributed by atoms with E-state index >= 15 is 0 Å². The van der Waals surface area contributed by atoms with Gasteiger partial charge >= 0.3 is 0 Å². The first-order valence-electron chi connectivity index (χ1n) is 7.57. The molecule has 1 aliphatic carbocycles. The molecule has 3 unspecified atom stereocenters. The number of nitrogens with two attached hydrogens (primary N) is 1. The fourth-order valence-electron chi connectivity index (χ4n) is 3.65. The summed E-state index contributed by atoms with van der Waals surface area (Å²) >= 11 is 0. The van der Waals surface area contributed by atoms with Crippen LogP contribution in [0.2, 0.25) is 0 Å². The molecule has 106 valence electrons. The van der Waals surface area contributed by atoms with Crippen molar-refractivity contribution in [3.63, 3.8) is 0 Å². The minimum absolute atomic E-state index is 0.176. The second-order valence-corrected chi connectivity index (χ2v) is 6.29. The Morgan fingerprint density at radius 1 is 1.33 bits per heavy atom. The van der Waals surface area contributed by atoms with E-state index < -0.39 is 0 Å². The molecule has 1 spiro atoms. The molecule has 0 amide bonds. The zero-order valence-corrected chi connectivity index (χ0v) is 12.0. The molecule has 2 rings (SSSR count).